The smallest absolute Gasteiger partial charge is 0.306 e. The lowest BCUT2D eigenvalue weighted by Gasteiger charge is -2.09. The molecule has 3 aromatic rings. The summed E-state index contributed by atoms with van der Waals surface area (Å²) in [6.45, 7) is 0.713. The van der Waals surface area contributed by atoms with Crippen molar-refractivity contribution >= 4 is 5.97 Å². The van der Waals surface area contributed by atoms with E-state index in [2.05, 4.69) is 0 Å². The van der Waals surface area contributed by atoms with Crippen LogP contribution in [0.1, 0.15) is 12.0 Å². The van der Waals surface area contributed by atoms with Crippen LogP contribution in [0.3, 0.4) is 0 Å². The second kappa shape index (κ2) is 8.72. The monoisotopic (exact) mass is 348 g/mol. The van der Waals surface area contributed by atoms with Crippen molar-refractivity contribution in [3.63, 3.8) is 0 Å². The molecule has 0 saturated heterocycles. The molecule has 0 aliphatic rings. The first-order chi connectivity index (χ1) is 12.7. The van der Waals surface area contributed by atoms with Gasteiger partial charge < -0.3 is 14.6 Å². The lowest BCUT2D eigenvalue weighted by Crippen LogP contribution is -2.04. The number of rotatable bonds is 8. The quantitative estimate of drug-likeness (QED) is 0.636. The Morgan fingerprint density at radius 2 is 1.27 bits per heavy atom. The van der Waals surface area contributed by atoms with Crippen LogP contribution in [0.15, 0.2) is 78.9 Å². The second-order valence-electron chi connectivity index (χ2n) is 5.82. The van der Waals surface area contributed by atoms with Crippen molar-refractivity contribution in [3.05, 3.63) is 84.4 Å². The first kappa shape index (κ1) is 17.5. The van der Waals surface area contributed by atoms with E-state index in [4.69, 9.17) is 14.6 Å². The average Bonchev–Trinajstić information content (AvgIpc) is 2.68. The Hall–Kier alpha value is -3.27. The maximum Gasteiger partial charge on any atom is 0.306 e. The SMILES string of the molecule is O=C(O)CCOc1ccc(-c2ccc(OCc3ccccc3)cc2)cc1. The third kappa shape index (κ3) is 5.11. The minimum atomic E-state index is -0.865. The van der Waals surface area contributed by atoms with E-state index in [0.717, 1.165) is 22.4 Å². The molecule has 0 saturated carbocycles. The molecular formula is C22H20O4. The van der Waals surface area contributed by atoms with Crippen LogP contribution >= 0.6 is 0 Å². The predicted molar refractivity (Wildman–Crippen MR) is 100 cm³/mol. The van der Waals surface area contributed by atoms with Crippen molar-refractivity contribution in [1.82, 2.24) is 0 Å². The molecule has 3 rings (SSSR count). The van der Waals surface area contributed by atoms with E-state index in [1.54, 1.807) is 0 Å². The van der Waals surface area contributed by atoms with Gasteiger partial charge in [-0.25, -0.2) is 0 Å². The predicted octanol–water partition coefficient (Wildman–Crippen LogP) is 4.79. The third-order valence-electron chi connectivity index (χ3n) is 3.87. The molecule has 4 heteroatoms. The van der Waals surface area contributed by atoms with Gasteiger partial charge in [-0.2, -0.15) is 0 Å². The lowest BCUT2D eigenvalue weighted by atomic mass is 10.1. The maximum atomic E-state index is 10.5. The normalized spacial score (nSPS) is 10.3. The molecule has 0 amide bonds. The lowest BCUT2D eigenvalue weighted by molar-refractivity contribution is -0.137. The molecule has 4 nitrogen and oxygen atoms in total. The van der Waals surface area contributed by atoms with Gasteiger partial charge in [-0.1, -0.05) is 54.6 Å². The van der Waals surface area contributed by atoms with Crippen LogP contribution in [0.5, 0.6) is 11.5 Å². The zero-order valence-corrected chi connectivity index (χ0v) is 14.3. The van der Waals surface area contributed by atoms with Gasteiger partial charge >= 0.3 is 5.97 Å². The summed E-state index contributed by atoms with van der Waals surface area (Å²) in [5.74, 6) is 0.625. The molecule has 132 valence electrons. The van der Waals surface area contributed by atoms with Crippen molar-refractivity contribution in [3.8, 4) is 22.6 Å². The summed E-state index contributed by atoms with van der Waals surface area (Å²) in [6, 6.07) is 25.6. The van der Waals surface area contributed by atoms with E-state index in [1.807, 2.05) is 78.9 Å². The summed E-state index contributed by atoms with van der Waals surface area (Å²) in [7, 11) is 0. The van der Waals surface area contributed by atoms with Crippen LogP contribution in [0.4, 0.5) is 0 Å². The van der Waals surface area contributed by atoms with Gasteiger partial charge in [-0.05, 0) is 41.0 Å². The summed E-state index contributed by atoms with van der Waals surface area (Å²) in [5, 5.41) is 8.62. The van der Waals surface area contributed by atoms with E-state index < -0.39 is 5.97 Å². The second-order valence-corrected chi connectivity index (χ2v) is 5.82. The number of carboxylic acids is 1. The molecule has 0 aliphatic heterocycles. The molecule has 0 spiro atoms. The number of carboxylic acid groups (broad SMARTS) is 1. The summed E-state index contributed by atoms with van der Waals surface area (Å²) in [6.07, 6.45) is -0.00774. The van der Waals surface area contributed by atoms with Crippen LogP contribution in [-0.2, 0) is 11.4 Å². The number of aliphatic carboxylic acids is 1. The standard InChI is InChI=1S/C22H20O4/c23-22(24)14-15-25-20-10-6-18(7-11-20)19-8-12-21(13-9-19)26-16-17-4-2-1-3-5-17/h1-13H,14-16H2,(H,23,24). The van der Waals surface area contributed by atoms with Gasteiger partial charge in [0.05, 0.1) is 13.0 Å². The summed E-state index contributed by atoms with van der Waals surface area (Å²) in [5.41, 5.74) is 3.27. The third-order valence-corrected chi connectivity index (χ3v) is 3.87. The Morgan fingerprint density at radius 1 is 0.731 bits per heavy atom. The van der Waals surface area contributed by atoms with E-state index in [1.165, 1.54) is 0 Å². The molecule has 0 fully saturated rings. The highest BCUT2D eigenvalue weighted by Crippen LogP contribution is 2.25. The minimum absolute atomic E-state index is 0.00774. The number of benzene rings is 3. The molecule has 0 aromatic heterocycles. The van der Waals surface area contributed by atoms with E-state index in [-0.39, 0.29) is 13.0 Å². The fourth-order valence-electron chi connectivity index (χ4n) is 2.48. The molecule has 3 aromatic carbocycles. The topological polar surface area (TPSA) is 55.8 Å². The van der Waals surface area contributed by atoms with Crippen LogP contribution in [0.25, 0.3) is 11.1 Å². The Kier molecular flexibility index (Phi) is 5.88. The molecule has 1 N–H and O–H groups in total. The molecule has 0 heterocycles. The first-order valence-corrected chi connectivity index (χ1v) is 8.42. The highest BCUT2D eigenvalue weighted by molar-refractivity contribution is 5.67. The number of hydrogen-bond acceptors (Lipinski definition) is 3. The van der Waals surface area contributed by atoms with Crippen molar-refractivity contribution in [1.29, 1.82) is 0 Å². The number of ether oxygens (including phenoxy) is 2. The van der Waals surface area contributed by atoms with Gasteiger partial charge in [0.25, 0.3) is 0 Å². The summed E-state index contributed by atoms with van der Waals surface area (Å²) < 4.78 is 11.2. The van der Waals surface area contributed by atoms with Crippen LogP contribution in [0, 0.1) is 0 Å². The van der Waals surface area contributed by atoms with Crippen molar-refractivity contribution in [2.75, 3.05) is 6.61 Å². The van der Waals surface area contributed by atoms with E-state index in [9.17, 15) is 4.79 Å². The van der Waals surface area contributed by atoms with Gasteiger partial charge in [0.1, 0.15) is 18.1 Å². The first-order valence-electron chi connectivity index (χ1n) is 8.42. The summed E-state index contributed by atoms with van der Waals surface area (Å²) in [4.78, 5) is 10.5. The van der Waals surface area contributed by atoms with Crippen LogP contribution in [-0.4, -0.2) is 17.7 Å². The van der Waals surface area contributed by atoms with Gasteiger partial charge in [0.15, 0.2) is 0 Å². The minimum Gasteiger partial charge on any atom is -0.493 e. The Labute approximate surface area is 152 Å². The van der Waals surface area contributed by atoms with Crippen molar-refractivity contribution in [2.24, 2.45) is 0 Å². The number of hydrogen-bond donors (Lipinski definition) is 1. The number of carbonyl (C=O) groups is 1. The van der Waals surface area contributed by atoms with E-state index in [0.29, 0.717) is 12.4 Å². The van der Waals surface area contributed by atoms with Crippen molar-refractivity contribution in [2.45, 2.75) is 13.0 Å². The van der Waals surface area contributed by atoms with Crippen LogP contribution < -0.4 is 9.47 Å². The molecular weight excluding hydrogens is 328 g/mol. The fraction of sp³-hybridized carbons (Fsp3) is 0.136. The summed E-state index contributed by atoms with van der Waals surface area (Å²) >= 11 is 0. The zero-order chi connectivity index (χ0) is 18.2. The Morgan fingerprint density at radius 3 is 1.81 bits per heavy atom. The Balaban J connectivity index is 1.56. The molecule has 0 radical (unpaired) electrons. The zero-order valence-electron chi connectivity index (χ0n) is 14.3. The molecule has 0 unspecified atom stereocenters. The Bertz CT molecular complexity index is 824. The maximum absolute atomic E-state index is 10.5. The fourth-order valence-corrected chi connectivity index (χ4v) is 2.48. The van der Waals surface area contributed by atoms with E-state index >= 15 is 0 Å². The van der Waals surface area contributed by atoms with Gasteiger partial charge in [-0.3, -0.25) is 4.79 Å². The molecule has 0 bridgehead atoms. The largest absolute Gasteiger partial charge is 0.493 e. The van der Waals surface area contributed by atoms with Crippen molar-refractivity contribution < 1.29 is 19.4 Å². The molecule has 0 atom stereocenters. The average molecular weight is 348 g/mol. The highest BCUT2D eigenvalue weighted by atomic mass is 16.5. The highest BCUT2D eigenvalue weighted by Gasteiger charge is 2.02. The molecule has 0 aliphatic carbocycles. The molecule has 26 heavy (non-hydrogen) atoms. The van der Waals surface area contributed by atoms with Gasteiger partial charge in [0, 0.05) is 0 Å². The van der Waals surface area contributed by atoms with Gasteiger partial charge in [-0.15, -0.1) is 0 Å². The van der Waals surface area contributed by atoms with Crippen LogP contribution in [0.2, 0.25) is 0 Å². The van der Waals surface area contributed by atoms with Gasteiger partial charge in [0.2, 0.25) is 0 Å².